The van der Waals surface area contributed by atoms with Crippen LogP contribution in [0.1, 0.15) is 39.9 Å². The van der Waals surface area contributed by atoms with Gasteiger partial charge in [0.2, 0.25) is 0 Å². The van der Waals surface area contributed by atoms with E-state index >= 15 is 0 Å². The number of fused-ring (bicyclic) bond motifs is 1. The molecule has 0 fully saturated rings. The van der Waals surface area contributed by atoms with Gasteiger partial charge in [-0.1, -0.05) is 30.3 Å². The summed E-state index contributed by atoms with van der Waals surface area (Å²) in [6.07, 6.45) is 5.43. The minimum absolute atomic E-state index is 0.290. The maximum absolute atomic E-state index is 12.0. The molecule has 0 saturated heterocycles. The van der Waals surface area contributed by atoms with Crippen molar-refractivity contribution in [2.24, 2.45) is 0 Å². The molecule has 0 unspecified atom stereocenters. The maximum atomic E-state index is 12.0. The molecule has 1 heterocycles. The van der Waals surface area contributed by atoms with Gasteiger partial charge in [-0.05, 0) is 55.0 Å². The number of esters is 1. The van der Waals surface area contributed by atoms with E-state index in [9.17, 15) is 10.1 Å². The van der Waals surface area contributed by atoms with Crippen LogP contribution in [0, 0.1) is 11.3 Å². The standard InChI is InChI=1S/C23H24N2O2/c1-2-3-8-18-15-20-11-13-25(22(20)21(16-18)17-24)12-7-14-27-23(26)19-9-5-4-6-10-19/h2,4-6,9-10,15-16H,1,3,7-8,11-14H2. The van der Waals surface area contributed by atoms with E-state index in [-0.39, 0.29) is 5.97 Å². The van der Waals surface area contributed by atoms with Gasteiger partial charge >= 0.3 is 5.97 Å². The summed E-state index contributed by atoms with van der Waals surface area (Å²) in [5, 5.41) is 9.57. The van der Waals surface area contributed by atoms with E-state index in [0.717, 1.165) is 50.0 Å². The van der Waals surface area contributed by atoms with Gasteiger partial charge in [0.15, 0.2) is 0 Å². The van der Waals surface area contributed by atoms with Crippen LogP contribution in [0.2, 0.25) is 0 Å². The van der Waals surface area contributed by atoms with Gasteiger partial charge < -0.3 is 9.64 Å². The first kappa shape index (κ1) is 18.7. The molecule has 0 aromatic heterocycles. The molecule has 4 heteroatoms. The highest BCUT2D eigenvalue weighted by atomic mass is 16.5. The molecule has 0 bridgehead atoms. The minimum atomic E-state index is -0.290. The summed E-state index contributed by atoms with van der Waals surface area (Å²) in [6.45, 7) is 5.82. The van der Waals surface area contributed by atoms with Crippen LogP contribution in [0.4, 0.5) is 5.69 Å². The Morgan fingerprint density at radius 3 is 2.85 bits per heavy atom. The molecule has 0 spiro atoms. The molecule has 0 saturated carbocycles. The average molecular weight is 360 g/mol. The molecular weight excluding hydrogens is 336 g/mol. The molecular formula is C23H24N2O2. The first-order chi connectivity index (χ1) is 13.2. The molecule has 0 atom stereocenters. The second kappa shape index (κ2) is 9.05. The van der Waals surface area contributed by atoms with Gasteiger partial charge in [0.1, 0.15) is 6.07 Å². The number of nitriles is 1. The fraction of sp³-hybridized carbons (Fsp3) is 0.304. The van der Waals surface area contributed by atoms with E-state index in [0.29, 0.717) is 12.2 Å². The zero-order chi connectivity index (χ0) is 19.1. The van der Waals surface area contributed by atoms with Crippen LogP contribution < -0.4 is 4.90 Å². The zero-order valence-corrected chi connectivity index (χ0v) is 15.5. The first-order valence-electron chi connectivity index (χ1n) is 9.37. The van der Waals surface area contributed by atoms with Crippen LogP contribution in [0.3, 0.4) is 0 Å². The van der Waals surface area contributed by atoms with E-state index < -0.39 is 0 Å². The molecule has 3 rings (SSSR count). The van der Waals surface area contributed by atoms with Crippen molar-refractivity contribution in [3.63, 3.8) is 0 Å². The van der Waals surface area contributed by atoms with Crippen molar-refractivity contribution in [2.75, 3.05) is 24.6 Å². The number of carbonyl (C=O) groups excluding carboxylic acids is 1. The van der Waals surface area contributed by atoms with Crippen molar-refractivity contribution < 1.29 is 9.53 Å². The van der Waals surface area contributed by atoms with Crippen LogP contribution in [0.15, 0.2) is 55.1 Å². The SMILES string of the molecule is C=CCCc1cc(C#N)c2c(c1)CCN2CCCOC(=O)c1ccccc1. The molecule has 138 valence electrons. The Hall–Kier alpha value is -3.06. The van der Waals surface area contributed by atoms with E-state index in [1.54, 1.807) is 12.1 Å². The van der Waals surface area contributed by atoms with Crippen LogP contribution >= 0.6 is 0 Å². The monoisotopic (exact) mass is 360 g/mol. The van der Waals surface area contributed by atoms with E-state index in [1.165, 1.54) is 11.1 Å². The van der Waals surface area contributed by atoms with Gasteiger partial charge in [-0.3, -0.25) is 0 Å². The number of ether oxygens (including phenoxy) is 1. The number of hydrogen-bond acceptors (Lipinski definition) is 4. The smallest absolute Gasteiger partial charge is 0.338 e. The van der Waals surface area contributed by atoms with Gasteiger partial charge in [-0.2, -0.15) is 5.26 Å². The zero-order valence-electron chi connectivity index (χ0n) is 15.5. The summed E-state index contributed by atoms with van der Waals surface area (Å²) >= 11 is 0. The summed E-state index contributed by atoms with van der Waals surface area (Å²) in [4.78, 5) is 14.2. The van der Waals surface area contributed by atoms with Gasteiger partial charge in [-0.25, -0.2) is 4.79 Å². The van der Waals surface area contributed by atoms with Gasteiger partial charge in [0, 0.05) is 13.1 Å². The quantitative estimate of drug-likeness (QED) is 0.400. The van der Waals surface area contributed by atoms with E-state index in [4.69, 9.17) is 4.74 Å². The van der Waals surface area contributed by atoms with Crippen molar-refractivity contribution in [1.29, 1.82) is 5.26 Å². The third-order valence-electron chi connectivity index (χ3n) is 4.79. The molecule has 0 aliphatic carbocycles. The molecule has 27 heavy (non-hydrogen) atoms. The predicted octanol–water partition coefficient (Wildman–Crippen LogP) is 4.29. The first-order valence-corrected chi connectivity index (χ1v) is 9.37. The van der Waals surface area contributed by atoms with Gasteiger partial charge in [0.05, 0.1) is 23.4 Å². The van der Waals surface area contributed by atoms with E-state index in [2.05, 4.69) is 23.6 Å². The molecule has 0 amide bonds. The average Bonchev–Trinajstić information content (AvgIpc) is 3.12. The highest BCUT2D eigenvalue weighted by Crippen LogP contribution is 2.33. The van der Waals surface area contributed by atoms with Crippen LogP contribution in [-0.4, -0.2) is 25.7 Å². The number of rotatable bonds is 8. The lowest BCUT2D eigenvalue weighted by Gasteiger charge is -2.20. The number of aryl methyl sites for hydroxylation is 1. The Kier molecular flexibility index (Phi) is 6.27. The highest BCUT2D eigenvalue weighted by molar-refractivity contribution is 5.89. The number of nitrogens with zero attached hydrogens (tertiary/aromatic N) is 2. The Bertz CT molecular complexity index is 853. The maximum Gasteiger partial charge on any atom is 0.338 e. The summed E-state index contributed by atoms with van der Waals surface area (Å²) in [7, 11) is 0. The molecule has 2 aromatic carbocycles. The normalized spacial score (nSPS) is 12.3. The number of carbonyl (C=O) groups is 1. The largest absolute Gasteiger partial charge is 0.462 e. The topological polar surface area (TPSA) is 53.3 Å². The number of anilines is 1. The number of hydrogen-bond donors (Lipinski definition) is 0. The molecule has 1 aliphatic heterocycles. The fourth-order valence-electron chi connectivity index (χ4n) is 3.49. The van der Waals surface area contributed by atoms with Crippen molar-refractivity contribution in [3.8, 4) is 6.07 Å². The second-order valence-corrected chi connectivity index (χ2v) is 6.68. The summed E-state index contributed by atoms with van der Waals surface area (Å²) < 4.78 is 5.36. The molecule has 0 N–H and O–H groups in total. The fourth-order valence-corrected chi connectivity index (χ4v) is 3.49. The third kappa shape index (κ3) is 4.57. The van der Waals surface area contributed by atoms with Crippen LogP contribution in [0.5, 0.6) is 0 Å². The Labute approximate surface area is 160 Å². The summed E-state index contributed by atoms with van der Waals surface area (Å²) in [6, 6.07) is 15.6. The highest BCUT2D eigenvalue weighted by Gasteiger charge is 2.23. The van der Waals surface area contributed by atoms with Crippen LogP contribution in [-0.2, 0) is 17.6 Å². The number of benzene rings is 2. The third-order valence-corrected chi connectivity index (χ3v) is 4.79. The van der Waals surface area contributed by atoms with Gasteiger partial charge in [0.25, 0.3) is 0 Å². The lowest BCUT2D eigenvalue weighted by Crippen LogP contribution is -2.24. The molecule has 0 radical (unpaired) electrons. The van der Waals surface area contributed by atoms with Crippen LogP contribution in [0.25, 0.3) is 0 Å². The summed E-state index contributed by atoms with van der Waals surface area (Å²) in [5.74, 6) is -0.290. The second-order valence-electron chi connectivity index (χ2n) is 6.68. The summed E-state index contributed by atoms with van der Waals surface area (Å²) in [5.41, 5.74) is 4.81. The van der Waals surface area contributed by atoms with E-state index in [1.807, 2.05) is 30.3 Å². The molecule has 1 aliphatic rings. The van der Waals surface area contributed by atoms with Crippen molar-refractivity contribution in [1.82, 2.24) is 0 Å². The lowest BCUT2D eigenvalue weighted by atomic mass is 10.0. The van der Waals surface area contributed by atoms with Crippen molar-refractivity contribution >= 4 is 11.7 Å². The molecule has 4 nitrogen and oxygen atoms in total. The molecule has 2 aromatic rings. The van der Waals surface area contributed by atoms with Gasteiger partial charge in [-0.15, -0.1) is 6.58 Å². The lowest BCUT2D eigenvalue weighted by molar-refractivity contribution is 0.0502. The predicted molar refractivity (Wildman–Crippen MR) is 107 cm³/mol. The number of allylic oxidation sites excluding steroid dienone is 1. The Morgan fingerprint density at radius 1 is 1.30 bits per heavy atom. The van der Waals surface area contributed by atoms with Crippen molar-refractivity contribution in [3.05, 3.63) is 77.4 Å². The Balaban J connectivity index is 1.57. The van der Waals surface area contributed by atoms with Crippen molar-refractivity contribution in [2.45, 2.75) is 25.7 Å². The Morgan fingerprint density at radius 2 is 2.11 bits per heavy atom. The minimum Gasteiger partial charge on any atom is -0.462 e.